The Hall–Kier alpha value is -1.07. The Balaban J connectivity index is 0.00000300. The van der Waals surface area contributed by atoms with E-state index < -0.39 is 11.7 Å². The highest BCUT2D eigenvalue weighted by atomic mass is 127. The lowest BCUT2D eigenvalue weighted by atomic mass is 10.1. The van der Waals surface area contributed by atoms with Crippen molar-refractivity contribution in [2.75, 3.05) is 40.3 Å². The molecule has 0 aromatic heterocycles. The quantitative estimate of drug-likeness (QED) is 0.353. The number of guanidine groups is 1. The van der Waals surface area contributed by atoms with Crippen molar-refractivity contribution in [2.24, 2.45) is 4.99 Å². The van der Waals surface area contributed by atoms with Crippen molar-refractivity contribution in [1.82, 2.24) is 20.4 Å². The average molecular weight is 525 g/mol. The first kappa shape index (κ1) is 24.2. The molecule has 0 amide bonds. The van der Waals surface area contributed by atoms with E-state index in [1.807, 2.05) is 0 Å². The molecule has 2 saturated heterocycles. The Morgan fingerprint density at radius 2 is 1.90 bits per heavy atom. The van der Waals surface area contributed by atoms with Crippen molar-refractivity contribution in [3.63, 3.8) is 0 Å². The number of halogens is 4. The Kier molecular flexibility index (Phi) is 9.02. The van der Waals surface area contributed by atoms with Crippen LogP contribution in [-0.2, 0) is 12.7 Å². The molecule has 0 aliphatic carbocycles. The average Bonchev–Trinajstić information content (AvgIpc) is 3.27. The second-order valence-electron chi connectivity index (χ2n) is 7.79. The number of rotatable bonds is 5. The van der Waals surface area contributed by atoms with Crippen molar-refractivity contribution in [3.05, 3.63) is 35.4 Å². The summed E-state index contributed by atoms with van der Waals surface area (Å²) >= 11 is 0. The van der Waals surface area contributed by atoms with Crippen LogP contribution >= 0.6 is 24.0 Å². The summed E-state index contributed by atoms with van der Waals surface area (Å²) in [5.74, 6) is 0.821. The lowest BCUT2D eigenvalue weighted by molar-refractivity contribution is -0.137. The second kappa shape index (κ2) is 10.8. The van der Waals surface area contributed by atoms with Gasteiger partial charge in [-0.25, -0.2) is 0 Å². The summed E-state index contributed by atoms with van der Waals surface area (Å²) in [6, 6.07) is 6.31. The summed E-state index contributed by atoms with van der Waals surface area (Å²) in [4.78, 5) is 8.97. The number of nitrogens with one attached hydrogen (secondary N) is 2. The summed E-state index contributed by atoms with van der Waals surface area (Å²) in [5.41, 5.74) is 0.306. The van der Waals surface area contributed by atoms with E-state index >= 15 is 0 Å². The number of benzene rings is 1. The van der Waals surface area contributed by atoms with Gasteiger partial charge in [-0.15, -0.1) is 24.0 Å². The Morgan fingerprint density at radius 1 is 1.17 bits per heavy atom. The largest absolute Gasteiger partial charge is 0.416 e. The molecule has 2 aliphatic heterocycles. The van der Waals surface area contributed by atoms with E-state index in [1.165, 1.54) is 12.8 Å². The molecule has 1 aromatic rings. The maximum Gasteiger partial charge on any atom is 0.416 e. The van der Waals surface area contributed by atoms with Crippen LogP contribution in [0, 0.1) is 0 Å². The van der Waals surface area contributed by atoms with E-state index in [2.05, 4.69) is 32.5 Å². The molecule has 164 valence electrons. The monoisotopic (exact) mass is 525 g/mol. The number of alkyl halides is 3. The number of aliphatic imine (C=N–C) groups is 1. The van der Waals surface area contributed by atoms with E-state index in [1.54, 1.807) is 19.2 Å². The van der Waals surface area contributed by atoms with Crippen molar-refractivity contribution in [2.45, 2.75) is 44.1 Å². The van der Waals surface area contributed by atoms with Crippen molar-refractivity contribution < 1.29 is 13.2 Å². The molecule has 2 aliphatic rings. The Bertz CT molecular complexity index is 665. The molecule has 3 rings (SSSR count). The predicted molar refractivity (Wildman–Crippen MR) is 121 cm³/mol. The maximum atomic E-state index is 12.7. The normalized spacial score (nSPS) is 23.8. The molecule has 2 heterocycles. The van der Waals surface area contributed by atoms with Gasteiger partial charge in [0.15, 0.2) is 5.96 Å². The molecule has 0 spiro atoms. The van der Waals surface area contributed by atoms with Gasteiger partial charge in [0.25, 0.3) is 0 Å². The minimum absolute atomic E-state index is 0. The highest BCUT2D eigenvalue weighted by Crippen LogP contribution is 2.29. The van der Waals surface area contributed by atoms with Gasteiger partial charge in [0.2, 0.25) is 0 Å². The van der Waals surface area contributed by atoms with Crippen LogP contribution in [-0.4, -0.2) is 68.1 Å². The first-order chi connectivity index (χ1) is 13.3. The van der Waals surface area contributed by atoms with E-state index in [9.17, 15) is 13.2 Å². The first-order valence-electron chi connectivity index (χ1n) is 9.91. The maximum absolute atomic E-state index is 12.7. The van der Waals surface area contributed by atoms with Crippen molar-refractivity contribution >= 4 is 29.9 Å². The third kappa shape index (κ3) is 6.99. The summed E-state index contributed by atoms with van der Waals surface area (Å²) < 4.78 is 38.0. The molecular formula is C20H31F3IN5. The molecule has 0 bridgehead atoms. The van der Waals surface area contributed by atoms with Crippen LogP contribution in [0.1, 0.15) is 30.4 Å². The van der Waals surface area contributed by atoms with Crippen LogP contribution in [0.3, 0.4) is 0 Å². The van der Waals surface area contributed by atoms with Crippen LogP contribution in [0.15, 0.2) is 29.3 Å². The fraction of sp³-hybridized carbons (Fsp3) is 0.650. The van der Waals surface area contributed by atoms with Gasteiger partial charge in [-0.05, 0) is 50.6 Å². The van der Waals surface area contributed by atoms with E-state index in [4.69, 9.17) is 0 Å². The van der Waals surface area contributed by atoms with Gasteiger partial charge in [0.1, 0.15) is 0 Å². The van der Waals surface area contributed by atoms with E-state index in [0.717, 1.165) is 56.3 Å². The number of hydrogen-bond donors (Lipinski definition) is 2. The highest BCUT2D eigenvalue weighted by Gasteiger charge is 2.30. The Morgan fingerprint density at radius 3 is 2.48 bits per heavy atom. The zero-order valence-electron chi connectivity index (χ0n) is 17.0. The third-order valence-corrected chi connectivity index (χ3v) is 5.70. The van der Waals surface area contributed by atoms with Crippen LogP contribution in [0.25, 0.3) is 0 Å². The number of nitrogens with zero attached hydrogens (tertiary/aromatic N) is 3. The smallest absolute Gasteiger partial charge is 0.355 e. The van der Waals surface area contributed by atoms with Crippen molar-refractivity contribution in [3.8, 4) is 0 Å². The fourth-order valence-electron chi connectivity index (χ4n) is 3.99. The van der Waals surface area contributed by atoms with Gasteiger partial charge in [0.05, 0.1) is 5.56 Å². The zero-order valence-corrected chi connectivity index (χ0v) is 19.3. The minimum Gasteiger partial charge on any atom is -0.355 e. The van der Waals surface area contributed by atoms with E-state index in [-0.39, 0.29) is 24.0 Å². The summed E-state index contributed by atoms with van der Waals surface area (Å²) in [6.07, 6.45) is -0.830. The van der Waals surface area contributed by atoms with Crippen LogP contribution in [0.5, 0.6) is 0 Å². The van der Waals surface area contributed by atoms with Gasteiger partial charge < -0.3 is 15.5 Å². The molecule has 2 fully saturated rings. The van der Waals surface area contributed by atoms with Crippen LogP contribution in [0.4, 0.5) is 13.2 Å². The van der Waals surface area contributed by atoms with E-state index in [0.29, 0.717) is 18.6 Å². The molecule has 9 heteroatoms. The lowest BCUT2D eigenvalue weighted by Crippen LogP contribution is -2.48. The SMILES string of the molecule is CN=C(NCC1CCCN1C)NC1CCN(Cc2ccc(C(F)(F)F)cc2)C1.I. The van der Waals surface area contributed by atoms with Crippen molar-refractivity contribution in [1.29, 1.82) is 0 Å². The first-order valence-corrected chi connectivity index (χ1v) is 9.91. The summed E-state index contributed by atoms with van der Waals surface area (Å²) in [5, 5.41) is 6.90. The molecule has 5 nitrogen and oxygen atoms in total. The second-order valence-corrected chi connectivity index (χ2v) is 7.79. The number of hydrogen-bond acceptors (Lipinski definition) is 3. The van der Waals surface area contributed by atoms with Crippen LogP contribution in [0.2, 0.25) is 0 Å². The topological polar surface area (TPSA) is 42.9 Å². The molecule has 0 saturated carbocycles. The molecule has 1 aromatic carbocycles. The molecule has 2 atom stereocenters. The Labute approximate surface area is 188 Å². The van der Waals surface area contributed by atoms with Crippen LogP contribution < -0.4 is 10.6 Å². The highest BCUT2D eigenvalue weighted by molar-refractivity contribution is 14.0. The zero-order chi connectivity index (χ0) is 20.1. The van der Waals surface area contributed by atoms with Gasteiger partial charge in [-0.2, -0.15) is 13.2 Å². The lowest BCUT2D eigenvalue weighted by Gasteiger charge is -2.23. The molecule has 2 unspecified atom stereocenters. The van der Waals surface area contributed by atoms with Gasteiger partial charge in [-0.3, -0.25) is 9.89 Å². The summed E-state index contributed by atoms with van der Waals surface area (Å²) in [6.45, 7) is 4.47. The van der Waals surface area contributed by atoms with Gasteiger partial charge in [0, 0.05) is 45.3 Å². The third-order valence-electron chi connectivity index (χ3n) is 5.70. The molecular weight excluding hydrogens is 494 g/mol. The minimum atomic E-state index is -4.28. The number of likely N-dealkylation sites (N-methyl/N-ethyl adjacent to an activating group) is 1. The summed E-state index contributed by atoms with van der Waals surface area (Å²) in [7, 11) is 3.94. The molecule has 0 radical (unpaired) electrons. The van der Waals surface area contributed by atoms with Gasteiger partial charge >= 0.3 is 6.18 Å². The number of likely N-dealkylation sites (tertiary alicyclic amines) is 2. The molecule has 29 heavy (non-hydrogen) atoms. The van der Waals surface area contributed by atoms with Gasteiger partial charge in [-0.1, -0.05) is 12.1 Å². The fourth-order valence-corrected chi connectivity index (χ4v) is 3.99. The standard InChI is InChI=1S/C20H30F3N5.HI/c1-24-19(25-12-18-4-3-10-27(18)2)26-17-9-11-28(14-17)13-15-5-7-16(8-6-15)20(21,22)23;/h5-8,17-18H,3-4,9-14H2,1-2H3,(H2,24,25,26);1H. The predicted octanol–water partition coefficient (Wildman–Crippen LogP) is 3.16. The molecule has 2 N–H and O–H groups in total.